The summed E-state index contributed by atoms with van der Waals surface area (Å²) >= 11 is 1.24. The van der Waals surface area contributed by atoms with Crippen molar-refractivity contribution in [2.45, 2.75) is 36.3 Å². The molecule has 2 aliphatic rings. The summed E-state index contributed by atoms with van der Waals surface area (Å²) < 4.78 is 13.8. The molecule has 2 aromatic carbocycles. The largest absolute Gasteiger partial charge is 0.341 e. The van der Waals surface area contributed by atoms with E-state index in [1.54, 1.807) is 36.1 Å². The van der Waals surface area contributed by atoms with Gasteiger partial charge in [0, 0.05) is 23.7 Å². The van der Waals surface area contributed by atoms with E-state index in [0.29, 0.717) is 30.0 Å². The molecule has 0 radical (unpaired) electrons. The maximum atomic E-state index is 13.8. The van der Waals surface area contributed by atoms with Crippen LogP contribution in [0.2, 0.25) is 0 Å². The number of aryl methyl sites for hydroxylation is 1. The summed E-state index contributed by atoms with van der Waals surface area (Å²) in [5.74, 6) is -1.47. The van der Waals surface area contributed by atoms with E-state index in [1.165, 1.54) is 22.7 Å². The van der Waals surface area contributed by atoms with Crippen LogP contribution in [0.4, 0.5) is 15.8 Å². The fourth-order valence-electron chi connectivity index (χ4n) is 3.83. The molecule has 31 heavy (non-hydrogen) atoms. The second kappa shape index (κ2) is 9.09. The summed E-state index contributed by atoms with van der Waals surface area (Å²) in [5.41, 5.74) is 1.40. The minimum Gasteiger partial charge on any atom is -0.341 e. The number of nitrogens with zero attached hydrogens (tertiary/aromatic N) is 2. The molecule has 162 valence electrons. The molecule has 0 bridgehead atoms. The van der Waals surface area contributed by atoms with Gasteiger partial charge in [0.25, 0.3) is 5.91 Å². The van der Waals surface area contributed by atoms with Crippen LogP contribution >= 0.6 is 11.8 Å². The van der Waals surface area contributed by atoms with E-state index < -0.39 is 22.9 Å². The van der Waals surface area contributed by atoms with Crippen molar-refractivity contribution in [2.24, 2.45) is 0 Å². The van der Waals surface area contributed by atoms with Crippen molar-refractivity contribution in [1.82, 2.24) is 4.90 Å². The Balaban J connectivity index is 1.54. The molecular formula is C23H24FN3O3S. The molecule has 1 N–H and O–H groups in total. The molecule has 2 heterocycles. The van der Waals surface area contributed by atoms with E-state index >= 15 is 0 Å². The first-order valence-electron chi connectivity index (χ1n) is 10.4. The number of nitrogens with one attached hydrogen (secondary N) is 1. The molecule has 1 atom stereocenters. The van der Waals surface area contributed by atoms with Gasteiger partial charge in [-0.15, -0.1) is 11.8 Å². The molecule has 8 heteroatoms. The Morgan fingerprint density at radius 3 is 2.61 bits per heavy atom. The number of carbonyl (C=O) groups excluding carboxylic acids is 3. The van der Waals surface area contributed by atoms with Gasteiger partial charge in [0.15, 0.2) is 5.25 Å². The van der Waals surface area contributed by atoms with Crippen LogP contribution in [0.5, 0.6) is 0 Å². The summed E-state index contributed by atoms with van der Waals surface area (Å²) in [6.45, 7) is 2.70. The molecule has 0 saturated carbocycles. The van der Waals surface area contributed by atoms with E-state index in [4.69, 9.17) is 0 Å². The van der Waals surface area contributed by atoms with Gasteiger partial charge in [0.05, 0.1) is 5.69 Å². The smallest absolute Gasteiger partial charge is 0.250 e. The minimum absolute atomic E-state index is 0.199. The number of fused-ring (bicyclic) bond motifs is 1. The van der Waals surface area contributed by atoms with Crippen molar-refractivity contribution in [1.29, 1.82) is 0 Å². The Morgan fingerprint density at radius 1 is 1.13 bits per heavy atom. The van der Waals surface area contributed by atoms with Crippen molar-refractivity contribution in [3.63, 3.8) is 0 Å². The lowest BCUT2D eigenvalue weighted by atomic mass is 10.1. The van der Waals surface area contributed by atoms with Gasteiger partial charge >= 0.3 is 0 Å². The average molecular weight is 442 g/mol. The Bertz CT molecular complexity index is 1020. The van der Waals surface area contributed by atoms with Gasteiger partial charge in [0.1, 0.15) is 12.4 Å². The average Bonchev–Trinajstić information content (AvgIpc) is 2.78. The first-order valence-corrected chi connectivity index (χ1v) is 11.2. The highest BCUT2D eigenvalue weighted by atomic mass is 32.2. The summed E-state index contributed by atoms with van der Waals surface area (Å²) in [6.07, 6.45) is 2.96. The number of likely N-dealkylation sites (tertiary alicyclic amines) is 1. The third-order valence-corrected chi connectivity index (χ3v) is 6.78. The van der Waals surface area contributed by atoms with Gasteiger partial charge in [-0.2, -0.15) is 0 Å². The van der Waals surface area contributed by atoms with Crippen LogP contribution in [0.3, 0.4) is 0 Å². The van der Waals surface area contributed by atoms with Gasteiger partial charge in [-0.25, -0.2) is 4.39 Å². The van der Waals surface area contributed by atoms with Gasteiger partial charge in [-0.3, -0.25) is 14.4 Å². The predicted octanol–water partition coefficient (Wildman–Crippen LogP) is 3.59. The van der Waals surface area contributed by atoms with Gasteiger partial charge in [0.2, 0.25) is 11.8 Å². The summed E-state index contributed by atoms with van der Waals surface area (Å²) in [4.78, 5) is 42.9. The third kappa shape index (κ3) is 4.58. The predicted molar refractivity (Wildman–Crippen MR) is 119 cm³/mol. The highest BCUT2D eigenvalue weighted by Crippen LogP contribution is 2.40. The van der Waals surface area contributed by atoms with E-state index in [-0.39, 0.29) is 12.5 Å². The number of para-hydroxylation sites is 1. The van der Waals surface area contributed by atoms with Gasteiger partial charge in [-0.05, 0) is 56.0 Å². The van der Waals surface area contributed by atoms with Crippen molar-refractivity contribution in [3.05, 3.63) is 53.8 Å². The lowest BCUT2D eigenvalue weighted by molar-refractivity contribution is -0.135. The number of piperidine rings is 1. The number of anilines is 2. The Morgan fingerprint density at radius 2 is 1.87 bits per heavy atom. The van der Waals surface area contributed by atoms with Crippen molar-refractivity contribution in [2.75, 3.05) is 29.9 Å². The number of halogens is 1. The first-order chi connectivity index (χ1) is 14.9. The second-order valence-corrected chi connectivity index (χ2v) is 8.94. The monoisotopic (exact) mass is 441 g/mol. The standard InChI is InChI=1S/C23H24FN3O3S/c1-15-9-10-16(13-17(15)24)25-20(28)14-27-18-7-3-4-8-19(18)31-21(23(27)30)22(29)26-11-5-2-6-12-26/h3-4,7-10,13,21H,2,5-6,11-12,14H2,1H3,(H,25,28)/t21-/m0/s1. The molecular weight excluding hydrogens is 417 g/mol. The fourth-order valence-corrected chi connectivity index (χ4v) is 5.02. The number of amides is 3. The highest BCUT2D eigenvalue weighted by molar-refractivity contribution is 8.01. The lowest BCUT2D eigenvalue weighted by Gasteiger charge is -2.36. The zero-order chi connectivity index (χ0) is 22.0. The van der Waals surface area contributed by atoms with Crippen LogP contribution < -0.4 is 10.2 Å². The Labute approximate surface area is 184 Å². The third-order valence-electron chi connectivity index (χ3n) is 5.54. The van der Waals surface area contributed by atoms with Crippen LogP contribution in [0.15, 0.2) is 47.4 Å². The normalized spacial score (nSPS) is 18.5. The molecule has 0 spiro atoms. The molecule has 1 fully saturated rings. The zero-order valence-corrected chi connectivity index (χ0v) is 18.1. The second-order valence-electron chi connectivity index (χ2n) is 7.79. The van der Waals surface area contributed by atoms with Crippen molar-refractivity contribution in [3.8, 4) is 0 Å². The van der Waals surface area contributed by atoms with Crippen molar-refractivity contribution < 1.29 is 18.8 Å². The van der Waals surface area contributed by atoms with E-state index in [9.17, 15) is 18.8 Å². The maximum Gasteiger partial charge on any atom is 0.250 e. The maximum absolute atomic E-state index is 13.8. The summed E-state index contributed by atoms with van der Waals surface area (Å²) in [6, 6.07) is 11.7. The van der Waals surface area contributed by atoms with Crippen LogP contribution in [0.1, 0.15) is 24.8 Å². The van der Waals surface area contributed by atoms with Crippen LogP contribution in [-0.4, -0.2) is 47.5 Å². The van der Waals surface area contributed by atoms with Gasteiger partial charge < -0.3 is 15.1 Å². The number of benzene rings is 2. The van der Waals surface area contributed by atoms with Crippen LogP contribution in [0, 0.1) is 12.7 Å². The zero-order valence-electron chi connectivity index (χ0n) is 17.3. The summed E-state index contributed by atoms with van der Waals surface area (Å²) in [7, 11) is 0. The quantitative estimate of drug-likeness (QED) is 0.737. The Hall–Kier alpha value is -2.87. The number of rotatable bonds is 4. The molecule has 2 aliphatic heterocycles. The number of hydrogen-bond acceptors (Lipinski definition) is 4. The minimum atomic E-state index is -0.905. The molecule has 2 aromatic rings. The molecule has 3 amide bonds. The fraction of sp³-hybridized carbons (Fsp3) is 0.348. The van der Waals surface area contributed by atoms with Crippen LogP contribution in [0.25, 0.3) is 0 Å². The Kier molecular flexibility index (Phi) is 6.27. The highest BCUT2D eigenvalue weighted by Gasteiger charge is 2.40. The van der Waals surface area contributed by atoms with Crippen molar-refractivity contribution >= 4 is 40.9 Å². The molecule has 0 aliphatic carbocycles. The van der Waals surface area contributed by atoms with E-state index in [0.717, 1.165) is 24.2 Å². The molecule has 4 rings (SSSR count). The SMILES string of the molecule is Cc1ccc(NC(=O)CN2C(=O)[C@H](C(=O)N3CCCCC3)Sc3ccccc32)cc1F. The van der Waals surface area contributed by atoms with Gasteiger partial charge in [-0.1, -0.05) is 18.2 Å². The van der Waals surface area contributed by atoms with E-state index in [1.807, 2.05) is 12.1 Å². The lowest BCUT2D eigenvalue weighted by Crippen LogP contribution is -2.52. The number of hydrogen-bond donors (Lipinski definition) is 1. The number of carbonyl (C=O) groups is 3. The molecule has 1 saturated heterocycles. The van der Waals surface area contributed by atoms with E-state index in [2.05, 4.69) is 5.32 Å². The molecule has 6 nitrogen and oxygen atoms in total. The first kappa shape index (κ1) is 21.4. The van der Waals surface area contributed by atoms with Crippen LogP contribution in [-0.2, 0) is 14.4 Å². The molecule has 0 unspecified atom stereocenters. The summed E-state index contributed by atoms with van der Waals surface area (Å²) in [5, 5.41) is 1.74. The number of thioether (sulfide) groups is 1. The molecule has 0 aromatic heterocycles. The topological polar surface area (TPSA) is 69.7 Å².